The van der Waals surface area contributed by atoms with Crippen molar-refractivity contribution in [1.82, 2.24) is 10.2 Å². The van der Waals surface area contributed by atoms with Crippen LogP contribution < -0.4 is 5.31 Å². The number of amides is 1. The number of nitrogens with one attached hydrogen (secondary N) is 2. The quantitative estimate of drug-likeness (QED) is 0.433. The Kier molecular flexibility index (Phi) is 0.315. The summed E-state index contributed by atoms with van der Waals surface area (Å²) in [7, 11) is 0. The largest absolute Gasteiger partial charge is 0.337 e. The third-order valence-electron chi connectivity index (χ3n) is 0.759. The number of likely N-dealkylation sites (N-methyl/N-ethyl adjacent to an activating group) is 1. The number of nitrogens with zero attached hydrogens (tertiary/aromatic N) is 1. The molecule has 4 heteroatoms. The second kappa shape index (κ2) is 1.47. The van der Waals surface area contributed by atoms with Gasteiger partial charge in [0.05, 0.1) is 6.54 Å². The van der Waals surface area contributed by atoms with E-state index in [0.717, 1.165) is 0 Å². The number of rotatable bonds is 0. The zero-order valence-corrected chi connectivity index (χ0v) is 3.96. The van der Waals surface area contributed by atoms with Gasteiger partial charge < -0.3 is 4.90 Å². The molecular formula is C4H7N3O. The second-order valence-electron chi connectivity index (χ2n) is 1.39. The monoisotopic (exact) mass is 123 g/mol. The van der Waals surface area contributed by atoms with Gasteiger partial charge in [-0.05, 0) is 0 Å². The molecule has 1 heterocycles. The van der Waals surface area contributed by atoms with E-state index in [1.165, 1.54) is 0 Å². The van der Waals surface area contributed by atoms with Gasteiger partial charge in [-0.25, -0.2) is 0 Å². The van der Waals surface area contributed by atoms with Crippen molar-refractivity contribution in [2.24, 2.45) is 0 Å². The third kappa shape index (κ3) is 0.641. The van der Waals surface area contributed by atoms with Gasteiger partial charge in [0.1, 0.15) is 0 Å². The van der Waals surface area contributed by atoms with Gasteiger partial charge in [-0.15, -0.1) is 0 Å². The van der Waals surface area contributed by atoms with Gasteiger partial charge in [0.15, 0.2) is 8.78 Å². The zero-order chi connectivity index (χ0) is 10.2. The van der Waals surface area contributed by atoms with Gasteiger partial charge in [-0.3, -0.25) is 15.5 Å². The van der Waals surface area contributed by atoms with Crippen LogP contribution in [0.4, 0.5) is 0 Å². The fourth-order valence-corrected chi connectivity index (χ4v) is 0.413. The number of hydrogen-bond donors (Lipinski definition) is 2. The van der Waals surface area contributed by atoms with Gasteiger partial charge in [0, 0.05) is 11.1 Å². The van der Waals surface area contributed by atoms with Crippen LogP contribution in [0.5, 0.6) is 0 Å². The molecule has 0 aromatic rings. The summed E-state index contributed by atoms with van der Waals surface area (Å²) in [6, 6.07) is 0. The van der Waals surface area contributed by atoms with Gasteiger partial charge in [-0.2, -0.15) is 0 Å². The van der Waals surface area contributed by atoms with Crippen LogP contribution in [0.2, 0.25) is 2.82 Å². The Bertz CT molecular complexity index is 261. The Hall–Kier alpha value is -1.06. The second-order valence-corrected chi connectivity index (χ2v) is 1.39. The zero-order valence-electron chi connectivity index (χ0n) is 8.96. The average molecular weight is 123 g/mol. The third-order valence-corrected chi connectivity index (χ3v) is 0.759. The highest BCUT2D eigenvalue weighted by atomic mass is 16.2. The van der Waals surface area contributed by atoms with Crippen LogP contribution in [-0.4, -0.2) is 30.3 Å². The minimum atomic E-state index is -2.54. The predicted molar refractivity (Wildman–Crippen MR) is 28.5 cm³/mol. The summed E-state index contributed by atoms with van der Waals surface area (Å²) < 4.78 is 34.6. The van der Waals surface area contributed by atoms with Crippen LogP contribution in [-0.2, 0) is 4.79 Å². The fourth-order valence-electron chi connectivity index (χ4n) is 0.413. The molecule has 1 aliphatic rings. The number of guanidine groups is 1. The predicted octanol–water partition coefficient (Wildman–Crippen LogP) is -1.02. The van der Waals surface area contributed by atoms with Crippen LogP contribution in [0.1, 0.15) is 4.11 Å². The summed E-state index contributed by atoms with van der Waals surface area (Å²) in [6.07, 6.45) is 0. The molecule has 0 bridgehead atoms. The topological polar surface area (TPSA) is 56.2 Å². The van der Waals surface area contributed by atoms with Crippen LogP contribution in [0.3, 0.4) is 0 Å². The molecular weight excluding hydrogens is 106 g/mol. The average Bonchev–Trinajstić information content (AvgIpc) is 2.28. The lowest BCUT2D eigenvalue weighted by molar-refractivity contribution is -0.118. The molecule has 1 saturated heterocycles. The molecule has 0 spiro atoms. The molecule has 0 atom stereocenters. The number of hydrogen-bond acceptors (Lipinski definition) is 2. The van der Waals surface area contributed by atoms with Crippen molar-refractivity contribution in [2.75, 3.05) is 13.5 Å². The summed E-state index contributed by atoms with van der Waals surface area (Å²) in [5.41, 5.74) is 0. The van der Waals surface area contributed by atoms with Crippen LogP contribution in [0.15, 0.2) is 0 Å². The molecule has 8 heavy (non-hydrogen) atoms. The smallest absolute Gasteiger partial charge is 0.246 e. The maximum atomic E-state index is 10.9. The standard InChI is InChI=1S/C4H7N3O/c1-7-2-3(8)6-4(7)5/h2H2,1H3,(H2,5,6,8)/i1T3/hT2. The summed E-state index contributed by atoms with van der Waals surface area (Å²) in [4.78, 5) is 11.5. The minimum absolute atomic E-state index is 0.305. The molecule has 1 fully saturated rings. The highest BCUT2D eigenvalue weighted by molar-refractivity contribution is 6.02. The molecule has 1 rings (SSSR count). The molecule has 44 valence electrons. The first kappa shape index (κ1) is 1.72. The Labute approximate surface area is 54.1 Å². The number of carbonyl (C=O) groups excluding carboxylic acids is 1. The molecule has 2 N–H and O–H groups in total. The highest BCUT2D eigenvalue weighted by Crippen LogP contribution is 1.89. The van der Waals surface area contributed by atoms with Crippen molar-refractivity contribution >= 4 is 11.9 Å². The highest BCUT2D eigenvalue weighted by Gasteiger charge is 2.18. The van der Waals surface area contributed by atoms with Gasteiger partial charge in [0.25, 0.3) is 0 Å². The van der Waals surface area contributed by atoms with Crippen LogP contribution in [0.25, 0.3) is 0 Å². The van der Waals surface area contributed by atoms with E-state index in [1.54, 1.807) is 0 Å². The summed E-state index contributed by atoms with van der Waals surface area (Å²) in [5, 5.41) is 3.12. The van der Waals surface area contributed by atoms with E-state index in [4.69, 9.17) is 6.94 Å². The SMILES string of the molecule is [3H]N=C1N([3H])C(=O)CN1C([3H])([3H])[3H]. The molecule has 4 nitrogen and oxygen atoms in total. The Morgan fingerprint density at radius 2 is 3.25 bits per heavy atom. The first-order valence-corrected chi connectivity index (χ1v) is 1.99. The van der Waals surface area contributed by atoms with Gasteiger partial charge >= 0.3 is 0 Å². The molecule has 0 saturated carbocycles. The lowest BCUT2D eigenvalue weighted by atomic mass is 10.6. The van der Waals surface area contributed by atoms with Gasteiger partial charge in [0.2, 0.25) is 5.91 Å². The first-order valence-electron chi connectivity index (χ1n) is 4.39. The van der Waals surface area contributed by atoms with E-state index in [2.05, 4.69) is 5.40 Å². The molecule has 0 radical (unpaired) electrons. The summed E-state index contributed by atoms with van der Waals surface area (Å²) in [5.74, 6) is -1.17. The maximum Gasteiger partial charge on any atom is 0.246 e. The van der Waals surface area contributed by atoms with E-state index in [0.29, 0.717) is 10.2 Å². The van der Waals surface area contributed by atoms with E-state index >= 15 is 0 Å². The summed E-state index contributed by atoms with van der Waals surface area (Å²) in [6.45, 7) is -2.97. The molecule has 1 amide bonds. The molecule has 0 unspecified atom stereocenters. The minimum Gasteiger partial charge on any atom is -0.337 e. The van der Waals surface area contributed by atoms with Crippen molar-refractivity contribution in [3.05, 3.63) is 0 Å². The Balaban J connectivity index is 2.97. The van der Waals surface area contributed by atoms with Gasteiger partial charge in [-0.1, -0.05) is 0 Å². The maximum absolute atomic E-state index is 10.9. The molecule has 0 aromatic carbocycles. The van der Waals surface area contributed by atoms with Crippen molar-refractivity contribution in [1.29, 1.82) is 5.40 Å². The Morgan fingerprint density at radius 1 is 2.38 bits per heavy atom. The van der Waals surface area contributed by atoms with Crippen molar-refractivity contribution in [3.63, 3.8) is 0 Å². The first-order chi connectivity index (χ1) is 5.88. The van der Waals surface area contributed by atoms with Crippen LogP contribution >= 0.6 is 0 Å². The lowest BCUT2D eigenvalue weighted by Crippen LogP contribution is -2.25. The van der Waals surface area contributed by atoms with E-state index in [-0.39, 0.29) is 0 Å². The summed E-state index contributed by atoms with van der Waals surface area (Å²) >= 11 is 0. The normalized spacial score (nSPS) is 36.2. The van der Waals surface area contributed by atoms with Crippen LogP contribution in [0, 0.1) is 5.40 Å². The van der Waals surface area contributed by atoms with Crippen molar-refractivity contribution in [2.45, 2.75) is 0 Å². The van der Waals surface area contributed by atoms with Crippen molar-refractivity contribution < 1.29 is 11.7 Å². The lowest BCUT2D eigenvalue weighted by Gasteiger charge is -2.03. The molecule has 1 aliphatic heterocycles. The number of carbonyl (C=O) groups is 1. The van der Waals surface area contributed by atoms with Crippen molar-refractivity contribution in [3.8, 4) is 0 Å². The van der Waals surface area contributed by atoms with E-state index in [9.17, 15) is 4.79 Å². The van der Waals surface area contributed by atoms with E-state index in [1.807, 2.05) is 0 Å². The molecule has 0 aliphatic carbocycles. The Morgan fingerprint density at radius 3 is 3.75 bits per heavy atom. The molecule has 0 aromatic heterocycles. The van der Waals surface area contributed by atoms with E-state index < -0.39 is 25.4 Å². The fraction of sp³-hybridized carbons (Fsp3) is 0.500.